The van der Waals surface area contributed by atoms with Gasteiger partial charge in [0.15, 0.2) is 0 Å². The zero-order valence-electron chi connectivity index (χ0n) is 17.0. The lowest BCUT2D eigenvalue weighted by molar-refractivity contribution is -0.134. The SMILES string of the molecule is O=C(CCC1CCCCC1)N1CCC(F)(CN[C@@H]2C[C@H]2c2ccccc2)CC1. The smallest absolute Gasteiger partial charge is 0.222 e. The molecule has 1 aromatic rings. The quantitative estimate of drug-likeness (QED) is 0.728. The van der Waals surface area contributed by atoms with Crippen molar-refractivity contribution >= 4 is 5.91 Å². The van der Waals surface area contributed by atoms with Crippen molar-refractivity contribution in [2.45, 2.75) is 81.8 Å². The van der Waals surface area contributed by atoms with E-state index in [1.165, 1.54) is 37.7 Å². The molecule has 154 valence electrons. The third kappa shape index (κ3) is 5.14. The van der Waals surface area contributed by atoms with Gasteiger partial charge >= 0.3 is 0 Å². The Kier molecular flexibility index (Phi) is 6.35. The summed E-state index contributed by atoms with van der Waals surface area (Å²) in [6, 6.07) is 10.9. The molecule has 1 aliphatic heterocycles. The van der Waals surface area contributed by atoms with Gasteiger partial charge in [-0.25, -0.2) is 4.39 Å². The molecule has 0 bridgehead atoms. The van der Waals surface area contributed by atoms with Crippen LogP contribution in [-0.2, 0) is 4.79 Å². The number of rotatable bonds is 7. The summed E-state index contributed by atoms with van der Waals surface area (Å²) in [6.07, 6.45) is 10.3. The van der Waals surface area contributed by atoms with Crippen LogP contribution in [-0.4, -0.2) is 42.2 Å². The summed E-state index contributed by atoms with van der Waals surface area (Å²) in [5.74, 6) is 1.52. The van der Waals surface area contributed by atoms with Crippen molar-refractivity contribution in [3.8, 4) is 0 Å². The van der Waals surface area contributed by atoms with Crippen molar-refractivity contribution in [2.75, 3.05) is 19.6 Å². The second-order valence-corrected chi connectivity index (χ2v) is 9.31. The predicted molar refractivity (Wildman–Crippen MR) is 111 cm³/mol. The van der Waals surface area contributed by atoms with Crippen LogP contribution in [0, 0.1) is 5.92 Å². The van der Waals surface area contributed by atoms with Gasteiger partial charge in [0.25, 0.3) is 0 Å². The number of amides is 1. The Morgan fingerprint density at radius 2 is 1.82 bits per heavy atom. The fourth-order valence-electron chi connectivity index (χ4n) is 5.10. The van der Waals surface area contributed by atoms with Gasteiger partial charge in [-0.1, -0.05) is 62.4 Å². The normalized spacial score (nSPS) is 27.5. The van der Waals surface area contributed by atoms with E-state index in [0.29, 0.717) is 50.9 Å². The van der Waals surface area contributed by atoms with Gasteiger partial charge in [-0.2, -0.15) is 0 Å². The second-order valence-electron chi connectivity index (χ2n) is 9.31. The maximum atomic E-state index is 15.2. The molecule has 28 heavy (non-hydrogen) atoms. The van der Waals surface area contributed by atoms with Gasteiger partial charge in [0.05, 0.1) is 0 Å². The number of nitrogens with one attached hydrogen (secondary N) is 1. The molecule has 4 heteroatoms. The molecule has 0 unspecified atom stereocenters. The monoisotopic (exact) mass is 386 g/mol. The number of nitrogens with zero attached hydrogens (tertiary/aromatic N) is 1. The highest BCUT2D eigenvalue weighted by atomic mass is 19.1. The van der Waals surface area contributed by atoms with Crippen molar-refractivity contribution in [1.82, 2.24) is 10.2 Å². The van der Waals surface area contributed by atoms with E-state index in [2.05, 4.69) is 29.6 Å². The Hall–Kier alpha value is -1.42. The molecule has 0 aromatic heterocycles. The number of carbonyl (C=O) groups is 1. The molecule has 1 heterocycles. The summed E-state index contributed by atoms with van der Waals surface area (Å²) in [6.45, 7) is 1.58. The number of hydrogen-bond donors (Lipinski definition) is 1. The van der Waals surface area contributed by atoms with E-state index in [4.69, 9.17) is 0 Å². The Bertz CT molecular complexity index is 635. The fourth-order valence-corrected chi connectivity index (χ4v) is 5.10. The molecule has 1 saturated heterocycles. The van der Waals surface area contributed by atoms with Crippen LogP contribution in [0.4, 0.5) is 4.39 Å². The molecular weight excluding hydrogens is 351 g/mol. The number of carbonyl (C=O) groups excluding carboxylic acids is 1. The summed E-state index contributed by atoms with van der Waals surface area (Å²) in [4.78, 5) is 14.4. The molecule has 3 nitrogen and oxygen atoms in total. The third-order valence-corrected chi connectivity index (χ3v) is 7.20. The number of piperidine rings is 1. The molecular formula is C24H35FN2O. The molecule has 0 spiro atoms. The number of likely N-dealkylation sites (tertiary alicyclic amines) is 1. The Morgan fingerprint density at radius 3 is 2.54 bits per heavy atom. The molecule has 3 fully saturated rings. The van der Waals surface area contributed by atoms with Crippen LogP contribution in [0.3, 0.4) is 0 Å². The first kappa shape index (κ1) is 19.9. The number of benzene rings is 1. The van der Waals surface area contributed by atoms with Crippen LogP contribution in [0.2, 0.25) is 0 Å². The highest BCUT2D eigenvalue weighted by Gasteiger charge is 2.41. The van der Waals surface area contributed by atoms with Crippen LogP contribution >= 0.6 is 0 Å². The largest absolute Gasteiger partial charge is 0.342 e. The Labute approximate surface area is 169 Å². The molecule has 2 saturated carbocycles. The van der Waals surface area contributed by atoms with E-state index in [-0.39, 0.29) is 5.91 Å². The van der Waals surface area contributed by atoms with E-state index in [9.17, 15) is 4.79 Å². The number of halogens is 1. The van der Waals surface area contributed by atoms with Crippen LogP contribution in [0.5, 0.6) is 0 Å². The first-order valence-electron chi connectivity index (χ1n) is 11.4. The van der Waals surface area contributed by atoms with Gasteiger partial charge in [0, 0.05) is 50.9 Å². The molecule has 2 atom stereocenters. The average molecular weight is 387 g/mol. The van der Waals surface area contributed by atoms with Crippen LogP contribution in [0.25, 0.3) is 0 Å². The van der Waals surface area contributed by atoms with Gasteiger partial charge in [-0.15, -0.1) is 0 Å². The molecule has 1 aromatic carbocycles. The summed E-state index contributed by atoms with van der Waals surface area (Å²) in [5, 5.41) is 3.45. The molecule has 1 amide bonds. The van der Waals surface area contributed by atoms with Crippen molar-refractivity contribution in [1.29, 1.82) is 0 Å². The zero-order chi connectivity index (χ0) is 19.4. The summed E-state index contributed by atoms with van der Waals surface area (Å²) in [7, 11) is 0. The average Bonchev–Trinajstić information content (AvgIpc) is 3.53. The Balaban J connectivity index is 1.15. The maximum Gasteiger partial charge on any atom is 0.222 e. The van der Waals surface area contributed by atoms with Crippen molar-refractivity contribution in [3.63, 3.8) is 0 Å². The highest BCUT2D eigenvalue weighted by Crippen LogP contribution is 2.41. The summed E-state index contributed by atoms with van der Waals surface area (Å²) in [5.41, 5.74) is 0.190. The van der Waals surface area contributed by atoms with Crippen LogP contribution in [0.1, 0.15) is 75.7 Å². The molecule has 3 aliphatic rings. The molecule has 4 rings (SSSR count). The predicted octanol–water partition coefficient (Wildman–Crippen LogP) is 4.82. The molecule has 1 N–H and O–H groups in total. The van der Waals surface area contributed by atoms with Gasteiger partial charge in [0.1, 0.15) is 5.67 Å². The third-order valence-electron chi connectivity index (χ3n) is 7.20. The zero-order valence-corrected chi connectivity index (χ0v) is 17.0. The standard InChI is InChI=1S/C24H35FN2O/c25-24(18-26-22-17-21(22)20-9-5-2-6-10-20)13-15-27(16-14-24)23(28)12-11-19-7-3-1-4-8-19/h2,5-6,9-10,19,21-22,26H,1,3-4,7-8,11-18H2/t21-,22+/m0/s1. The van der Waals surface area contributed by atoms with Gasteiger partial charge < -0.3 is 10.2 Å². The van der Waals surface area contributed by atoms with Crippen molar-refractivity contribution in [3.05, 3.63) is 35.9 Å². The van der Waals surface area contributed by atoms with E-state index in [1.54, 1.807) is 0 Å². The molecule has 0 radical (unpaired) electrons. The van der Waals surface area contributed by atoms with E-state index < -0.39 is 5.67 Å². The van der Waals surface area contributed by atoms with Crippen LogP contribution in [0.15, 0.2) is 30.3 Å². The highest BCUT2D eigenvalue weighted by molar-refractivity contribution is 5.76. The lowest BCUT2D eigenvalue weighted by atomic mass is 9.86. The number of hydrogen-bond acceptors (Lipinski definition) is 2. The first-order valence-corrected chi connectivity index (χ1v) is 11.4. The summed E-state index contributed by atoms with van der Waals surface area (Å²) >= 11 is 0. The van der Waals surface area contributed by atoms with E-state index in [0.717, 1.165) is 18.8 Å². The van der Waals surface area contributed by atoms with Gasteiger partial charge in [0.2, 0.25) is 5.91 Å². The van der Waals surface area contributed by atoms with Crippen molar-refractivity contribution in [2.24, 2.45) is 5.92 Å². The number of alkyl halides is 1. The first-order chi connectivity index (χ1) is 13.6. The van der Waals surface area contributed by atoms with Gasteiger partial charge in [-0.05, 0) is 24.3 Å². The van der Waals surface area contributed by atoms with E-state index in [1.807, 2.05) is 11.0 Å². The van der Waals surface area contributed by atoms with Gasteiger partial charge in [-0.3, -0.25) is 4.79 Å². The maximum absolute atomic E-state index is 15.2. The Morgan fingerprint density at radius 1 is 1.11 bits per heavy atom. The second kappa shape index (κ2) is 8.94. The molecule has 2 aliphatic carbocycles. The summed E-state index contributed by atoms with van der Waals surface area (Å²) < 4.78 is 15.2. The minimum absolute atomic E-state index is 0.243. The minimum atomic E-state index is -1.16. The fraction of sp³-hybridized carbons (Fsp3) is 0.708. The lowest BCUT2D eigenvalue weighted by Gasteiger charge is -2.37. The van der Waals surface area contributed by atoms with E-state index >= 15 is 4.39 Å². The van der Waals surface area contributed by atoms with Crippen molar-refractivity contribution < 1.29 is 9.18 Å². The van der Waals surface area contributed by atoms with Crippen LogP contribution < -0.4 is 5.32 Å². The topological polar surface area (TPSA) is 32.3 Å². The lowest BCUT2D eigenvalue weighted by Crippen LogP contribution is -2.49. The minimum Gasteiger partial charge on any atom is -0.342 e.